The van der Waals surface area contributed by atoms with Crippen LogP contribution in [0.3, 0.4) is 0 Å². The summed E-state index contributed by atoms with van der Waals surface area (Å²) in [6.07, 6.45) is 2.65. The van der Waals surface area contributed by atoms with E-state index < -0.39 is 0 Å². The number of para-hydroxylation sites is 1. The fourth-order valence-electron chi connectivity index (χ4n) is 3.56. The number of aromatic nitrogens is 2. The first-order valence-electron chi connectivity index (χ1n) is 9.66. The SMILES string of the molecule is CSc1cccc(NC(=O)N2CCc3c(c(C(=O)Nc4ccccc4)nn3C)C2)c1. The van der Waals surface area contributed by atoms with E-state index >= 15 is 0 Å². The van der Waals surface area contributed by atoms with Crippen molar-refractivity contribution >= 4 is 35.1 Å². The number of amides is 3. The highest BCUT2D eigenvalue weighted by atomic mass is 32.2. The van der Waals surface area contributed by atoms with Gasteiger partial charge in [-0.15, -0.1) is 11.8 Å². The monoisotopic (exact) mass is 421 g/mol. The molecule has 0 atom stereocenters. The quantitative estimate of drug-likeness (QED) is 0.625. The van der Waals surface area contributed by atoms with Gasteiger partial charge in [-0.3, -0.25) is 9.48 Å². The number of aryl methyl sites for hydroxylation is 1. The summed E-state index contributed by atoms with van der Waals surface area (Å²) < 4.78 is 1.74. The van der Waals surface area contributed by atoms with Gasteiger partial charge in [0.2, 0.25) is 0 Å². The Kier molecular flexibility index (Phi) is 5.76. The van der Waals surface area contributed by atoms with Crippen molar-refractivity contribution in [3.8, 4) is 0 Å². The molecule has 3 amide bonds. The van der Waals surface area contributed by atoms with E-state index in [0.29, 0.717) is 30.9 Å². The summed E-state index contributed by atoms with van der Waals surface area (Å²) in [5.41, 5.74) is 3.61. The van der Waals surface area contributed by atoms with Crippen LogP contribution in [0.2, 0.25) is 0 Å². The number of carbonyl (C=O) groups excluding carboxylic acids is 2. The Morgan fingerprint density at radius 2 is 1.80 bits per heavy atom. The molecule has 30 heavy (non-hydrogen) atoms. The van der Waals surface area contributed by atoms with Gasteiger partial charge >= 0.3 is 6.03 Å². The molecule has 0 unspecified atom stereocenters. The minimum atomic E-state index is -0.270. The van der Waals surface area contributed by atoms with Crippen LogP contribution in [-0.4, -0.2) is 39.4 Å². The normalized spacial score (nSPS) is 12.9. The first kappa shape index (κ1) is 20.0. The van der Waals surface area contributed by atoms with Crippen molar-refractivity contribution in [3.05, 3.63) is 71.5 Å². The molecular formula is C22H23N5O2S. The Morgan fingerprint density at radius 1 is 1.03 bits per heavy atom. The number of anilines is 2. The second-order valence-electron chi connectivity index (χ2n) is 7.05. The highest BCUT2D eigenvalue weighted by molar-refractivity contribution is 7.98. The van der Waals surface area contributed by atoms with Crippen LogP contribution in [0, 0.1) is 0 Å². The van der Waals surface area contributed by atoms with E-state index in [1.54, 1.807) is 21.3 Å². The van der Waals surface area contributed by atoms with E-state index in [1.807, 2.05) is 67.9 Å². The molecule has 4 rings (SSSR count). The molecule has 7 nitrogen and oxygen atoms in total. The minimum absolute atomic E-state index is 0.183. The van der Waals surface area contributed by atoms with Crippen molar-refractivity contribution in [3.63, 3.8) is 0 Å². The van der Waals surface area contributed by atoms with Crippen LogP contribution in [0.25, 0.3) is 0 Å². The van der Waals surface area contributed by atoms with E-state index in [1.165, 1.54) is 0 Å². The number of urea groups is 1. The van der Waals surface area contributed by atoms with E-state index in [-0.39, 0.29) is 11.9 Å². The Labute approximate surface area is 179 Å². The molecule has 1 aliphatic rings. The standard InChI is InChI=1S/C22H23N5O2S/c1-26-19-11-12-27(22(29)24-16-9-6-10-17(13-16)30-2)14-18(19)20(25-26)21(28)23-15-7-4-3-5-8-15/h3-10,13H,11-12,14H2,1-2H3,(H,23,28)(H,24,29). The molecule has 0 saturated heterocycles. The molecule has 0 spiro atoms. The van der Waals surface area contributed by atoms with Crippen LogP contribution in [0.1, 0.15) is 21.7 Å². The summed E-state index contributed by atoms with van der Waals surface area (Å²) in [6, 6.07) is 16.8. The van der Waals surface area contributed by atoms with Crippen LogP contribution in [0.5, 0.6) is 0 Å². The maximum atomic E-state index is 12.8. The number of rotatable bonds is 4. The maximum absolute atomic E-state index is 12.8. The zero-order chi connectivity index (χ0) is 21.1. The van der Waals surface area contributed by atoms with Gasteiger partial charge in [0.15, 0.2) is 5.69 Å². The first-order valence-corrected chi connectivity index (χ1v) is 10.9. The average Bonchev–Trinajstić information content (AvgIpc) is 3.10. The number of hydrogen-bond donors (Lipinski definition) is 2. The molecular weight excluding hydrogens is 398 g/mol. The third-order valence-electron chi connectivity index (χ3n) is 5.10. The fourth-order valence-corrected chi connectivity index (χ4v) is 4.02. The molecule has 3 aromatic rings. The van der Waals surface area contributed by atoms with Gasteiger partial charge in [-0.05, 0) is 36.6 Å². The predicted octanol–water partition coefficient (Wildman–Crippen LogP) is 3.98. The van der Waals surface area contributed by atoms with Gasteiger partial charge in [0, 0.05) is 47.5 Å². The van der Waals surface area contributed by atoms with Crippen LogP contribution < -0.4 is 10.6 Å². The van der Waals surface area contributed by atoms with E-state index in [9.17, 15) is 9.59 Å². The lowest BCUT2D eigenvalue weighted by Crippen LogP contribution is -2.39. The number of nitrogens with one attached hydrogen (secondary N) is 2. The number of hydrogen-bond acceptors (Lipinski definition) is 4. The van der Waals surface area contributed by atoms with E-state index in [2.05, 4.69) is 15.7 Å². The number of nitrogens with zero attached hydrogens (tertiary/aromatic N) is 3. The average molecular weight is 422 g/mol. The Balaban J connectivity index is 1.51. The van der Waals surface area contributed by atoms with Crippen molar-refractivity contribution in [1.29, 1.82) is 0 Å². The van der Waals surface area contributed by atoms with E-state index in [4.69, 9.17) is 0 Å². The lowest BCUT2D eigenvalue weighted by atomic mass is 10.0. The third-order valence-corrected chi connectivity index (χ3v) is 5.82. The summed E-state index contributed by atoms with van der Waals surface area (Å²) in [6.45, 7) is 0.912. The molecule has 2 heterocycles. The molecule has 154 valence electrons. The van der Waals surface area contributed by atoms with Crippen molar-refractivity contribution in [2.45, 2.75) is 17.9 Å². The summed E-state index contributed by atoms with van der Waals surface area (Å²) in [5.74, 6) is -0.270. The molecule has 0 fully saturated rings. The number of benzene rings is 2. The molecule has 1 aliphatic heterocycles. The Hall–Kier alpha value is -3.26. The Morgan fingerprint density at radius 3 is 2.57 bits per heavy atom. The maximum Gasteiger partial charge on any atom is 0.322 e. The van der Waals surface area contributed by atoms with Gasteiger partial charge in [0.05, 0.1) is 6.54 Å². The summed E-state index contributed by atoms with van der Waals surface area (Å²) in [4.78, 5) is 28.5. The Bertz CT molecular complexity index is 1080. The molecule has 2 N–H and O–H groups in total. The van der Waals surface area contributed by atoms with Gasteiger partial charge in [0.25, 0.3) is 5.91 Å². The van der Waals surface area contributed by atoms with Crippen molar-refractivity contribution in [2.75, 3.05) is 23.4 Å². The van der Waals surface area contributed by atoms with Crippen LogP contribution in [0.15, 0.2) is 59.5 Å². The largest absolute Gasteiger partial charge is 0.322 e. The van der Waals surface area contributed by atoms with Gasteiger partial charge < -0.3 is 15.5 Å². The summed E-state index contributed by atoms with van der Waals surface area (Å²) >= 11 is 1.62. The second kappa shape index (κ2) is 8.62. The molecule has 0 bridgehead atoms. The lowest BCUT2D eigenvalue weighted by Gasteiger charge is -2.27. The fraction of sp³-hybridized carbons (Fsp3) is 0.227. The number of carbonyl (C=O) groups is 2. The smallest absolute Gasteiger partial charge is 0.321 e. The lowest BCUT2D eigenvalue weighted by molar-refractivity contribution is 0.101. The van der Waals surface area contributed by atoms with Gasteiger partial charge in [-0.1, -0.05) is 24.3 Å². The van der Waals surface area contributed by atoms with Gasteiger partial charge in [0.1, 0.15) is 0 Å². The van der Waals surface area contributed by atoms with Crippen LogP contribution in [0.4, 0.5) is 16.2 Å². The van der Waals surface area contributed by atoms with Gasteiger partial charge in [-0.25, -0.2) is 4.79 Å². The van der Waals surface area contributed by atoms with Gasteiger partial charge in [-0.2, -0.15) is 5.10 Å². The number of thioether (sulfide) groups is 1. The topological polar surface area (TPSA) is 79.3 Å². The van der Waals surface area contributed by atoms with Crippen molar-refractivity contribution in [2.24, 2.45) is 7.05 Å². The molecule has 1 aromatic heterocycles. The van der Waals surface area contributed by atoms with E-state index in [0.717, 1.165) is 21.8 Å². The van der Waals surface area contributed by atoms with Crippen molar-refractivity contribution < 1.29 is 9.59 Å². The molecule has 0 radical (unpaired) electrons. The molecule has 2 aromatic carbocycles. The zero-order valence-electron chi connectivity index (χ0n) is 16.9. The summed E-state index contributed by atoms with van der Waals surface area (Å²) in [7, 11) is 1.84. The zero-order valence-corrected chi connectivity index (χ0v) is 17.7. The highest BCUT2D eigenvalue weighted by Crippen LogP contribution is 2.24. The van der Waals surface area contributed by atoms with Crippen LogP contribution in [-0.2, 0) is 20.0 Å². The third kappa shape index (κ3) is 4.18. The highest BCUT2D eigenvalue weighted by Gasteiger charge is 2.29. The second-order valence-corrected chi connectivity index (χ2v) is 7.93. The predicted molar refractivity (Wildman–Crippen MR) is 119 cm³/mol. The van der Waals surface area contributed by atoms with Crippen LogP contribution >= 0.6 is 11.8 Å². The first-order chi connectivity index (χ1) is 14.5. The molecule has 0 aliphatic carbocycles. The minimum Gasteiger partial charge on any atom is -0.321 e. The summed E-state index contributed by atoms with van der Waals surface area (Å²) in [5, 5.41) is 10.3. The number of fused-ring (bicyclic) bond motifs is 1. The van der Waals surface area contributed by atoms with Crippen molar-refractivity contribution in [1.82, 2.24) is 14.7 Å². The molecule has 8 heteroatoms. The molecule has 0 saturated carbocycles.